The first-order valence-corrected chi connectivity index (χ1v) is 8.62. The molecule has 0 unspecified atom stereocenters. The summed E-state index contributed by atoms with van der Waals surface area (Å²) in [7, 11) is 1.78. The molecule has 3 rings (SSSR count). The van der Waals surface area contributed by atoms with Crippen molar-refractivity contribution in [2.24, 2.45) is 7.05 Å². The second-order valence-electron chi connectivity index (χ2n) is 5.61. The van der Waals surface area contributed by atoms with Crippen LogP contribution in [0.1, 0.15) is 18.1 Å². The molecule has 0 atom stereocenters. The molecule has 1 N–H and O–H groups in total. The van der Waals surface area contributed by atoms with Gasteiger partial charge in [-0.3, -0.25) is 0 Å². The van der Waals surface area contributed by atoms with Crippen molar-refractivity contribution < 1.29 is 9.47 Å². The van der Waals surface area contributed by atoms with Gasteiger partial charge >= 0.3 is 0 Å². The van der Waals surface area contributed by atoms with Gasteiger partial charge in [0.05, 0.1) is 6.61 Å². The molecule has 1 heterocycles. The molecule has 0 fully saturated rings. The first-order chi connectivity index (χ1) is 12.7. The molecule has 136 valence electrons. The number of hydrogen-bond acceptors (Lipinski definition) is 6. The fourth-order valence-electron chi connectivity index (χ4n) is 2.40. The maximum Gasteiger partial charge on any atom is 0.242 e. The van der Waals surface area contributed by atoms with Gasteiger partial charge in [-0.1, -0.05) is 34.9 Å². The third kappa shape index (κ3) is 4.64. The van der Waals surface area contributed by atoms with Gasteiger partial charge < -0.3 is 14.8 Å². The summed E-state index contributed by atoms with van der Waals surface area (Å²) in [5, 5.41) is 15.2. The summed E-state index contributed by atoms with van der Waals surface area (Å²) in [6, 6.07) is 13.4. The number of ether oxygens (including phenoxy) is 2. The number of aryl methyl sites for hydroxylation is 1. The molecule has 0 aliphatic rings. The lowest BCUT2D eigenvalue weighted by atomic mass is 10.2. The van der Waals surface area contributed by atoms with E-state index in [2.05, 4.69) is 20.8 Å². The maximum absolute atomic E-state index is 6.01. The van der Waals surface area contributed by atoms with Gasteiger partial charge in [-0.05, 0) is 52.7 Å². The number of rotatable bonds is 8. The third-order valence-corrected chi connectivity index (χ3v) is 3.90. The van der Waals surface area contributed by atoms with Gasteiger partial charge in [0.1, 0.15) is 6.61 Å². The summed E-state index contributed by atoms with van der Waals surface area (Å²) >= 11 is 6.01. The number of tetrazole rings is 1. The Hall–Kier alpha value is -2.80. The summed E-state index contributed by atoms with van der Waals surface area (Å²) in [5.41, 5.74) is 2.03. The smallest absolute Gasteiger partial charge is 0.242 e. The first-order valence-electron chi connectivity index (χ1n) is 8.25. The molecule has 3 aromatic rings. The zero-order chi connectivity index (χ0) is 18.4. The SMILES string of the molecule is CCOc1cc(CNc2nnnn2C)ccc1OCc1cccc(Cl)c1. The van der Waals surface area contributed by atoms with Crippen molar-refractivity contribution in [3.8, 4) is 11.5 Å². The predicted molar refractivity (Wildman–Crippen MR) is 99.5 cm³/mol. The fraction of sp³-hybridized carbons (Fsp3) is 0.278. The van der Waals surface area contributed by atoms with Crippen molar-refractivity contribution in [1.29, 1.82) is 0 Å². The van der Waals surface area contributed by atoms with Crippen LogP contribution in [0.3, 0.4) is 0 Å². The number of benzene rings is 2. The highest BCUT2D eigenvalue weighted by molar-refractivity contribution is 6.30. The van der Waals surface area contributed by atoms with Crippen molar-refractivity contribution in [2.75, 3.05) is 11.9 Å². The number of halogens is 1. The molecular formula is C18H20ClN5O2. The molecule has 0 saturated heterocycles. The molecule has 8 heteroatoms. The van der Waals surface area contributed by atoms with E-state index in [1.165, 1.54) is 0 Å². The van der Waals surface area contributed by atoms with Crippen molar-refractivity contribution >= 4 is 17.5 Å². The van der Waals surface area contributed by atoms with Crippen LogP contribution in [0.5, 0.6) is 11.5 Å². The lowest BCUT2D eigenvalue weighted by molar-refractivity contribution is 0.269. The van der Waals surface area contributed by atoms with Gasteiger partial charge in [-0.2, -0.15) is 0 Å². The minimum Gasteiger partial charge on any atom is -0.490 e. The minimum atomic E-state index is 0.419. The second-order valence-corrected chi connectivity index (χ2v) is 6.05. The Bertz CT molecular complexity index is 868. The van der Waals surface area contributed by atoms with E-state index in [1.54, 1.807) is 11.7 Å². The van der Waals surface area contributed by atoms with E-state index >= 15 is 0 Å². The number of hydrogen-bond donors (Lipinski definition) is 1. The van der Waals surface area contributed by atoms with Gasteiger partial charge in [0.15, 0.2) is 11.5 Å². The summed E-state index contributed by atoms with van der Waals surface area (Å²) in [6.45, 7) is 3.49. The summed E-state index contributed by atoms with van der Waals surface area (Å²) in [5.74, 6) is 1.99. The fourth-order valence-corrected chi connectivity index (χ4v) is 2.61. The van der Waals surface area contributed by atoms with Gasteiger partial charge in [-0.15, -0.1) is 0 Å². The van der Waals surface area contributed by atoms with Crippen molar-refractivity contribution in [2.45, 2.75) is 20.1 Å². The normalized spacial score (nSPS) is 10.6. The monoisotopic (exact) mass is 373 g/mol. The predicted octanol–water partition coefficient (Wildman–Crippen LogP) is 3.45. The van der Waals surface area contributed by atoms with E-state index in [1.807, 2.05) is 49.4 Å². The quantitative estimate of drug-likeness (QED) is 0.651. The van der Waals surface area contributed by atoms with Gasteiger partial charge in [0.2, 0.25) is 5.95 Å². The molecule has 0 aliphatic heterocycles. The van der Waals surface area contributed by atoms with Crippen molar-refractivity contribution in [3.05, 3.63) is 58.6 Å². The minimum absolute atomic E-state index is 0.419. The average Bonchev–Trinajstić information content (AvgIpc) is 3.04. The molecule has 26 heavy (non-hydrogen) atoms. The van der Waals surface area contributed by atoms with E-state index < -0.39 is 0 Å². The highest BCUT2D eigenvalue weighted by Crippen LogP contribution is 2.29. The van der Waals surface area contributed by atoms with E-state index in [0.717, 1.165) is 11.1 Å². The largest absolute Gasteiger partial charge is 0.490 e. The van der Waals surface area contributed by atoms with Crippen LogP contribution in [0, 0.1) is 0 Å². The van der Waals surface area contributed by atoms with Gasteiger partial charge in [0.25, 0.3) is 0 Å². The van der Waals surface area contributed by atoms with Crippen LogP contribution in [-0.4, -0.2) is 26.8 Å². The van der Waals surface area contributed by atoms with E-state index in [9.17, 15) is 0 Å². The lowest BCUT2D eigenvalue weighted by Crippen LogP contribution is -2.06. The molecular weight excluding hydrogens is 354 g/mol. The third-order valence-electron chi connectivity index (χ3n) is 3.66. The van der Waals surface area contributed by atoms with Gasteiger partial charge in [0, 0.05) is 18.6 Å². The van der Waals surface area contributed by atoms with Crippen molar-refractivity contribution in [3.63, 3.8) is 0 Å². The zero-order valence-electron chi connectivity index (χ0n) is 14.6. The van der Waals surface area contributed by atoms with Crippen LogP contribution >= 0.6 is 11.6 Å². The van der Waals surface area contributed by atoms with E-state index in [0.29, 0.717) is 42.2 Å². The molecule has 7 nitrogen and oxygen atoms in total. The number of aromatic nitrogens is 4. The van der Waals surface area contributed by atoms with Crippen LogP contribution in [0.2, 0.25) is 5.02 Å². The Morgan fingerprint density at radius 1 is 1.08 bits per heavy atom. The van der Waals surface area contributed by atoms with Crippen LogP contribution in [0.15, 0.2) is 42.5 Å². The van der Waals surface area contributed by atoms with Crippen molar-refractivity contribution in [1.82, 2.24) is 20.2 Å². The Morgan fingerprint density at radius 3 is 2.69 bits per heavy atom. The summed E-state index contributed by atoms with van der Waals surface area (Å²) < 4.78 is 13.2. The number of nitrogens with one attached hydrogen (secondary N) is 1. The van der Waals surface area contributed by atoms with Crippen LogP contribution in [0.4, 0.5) is 5.95 Å². The number of anilines is 1. The van der Waals surface area contributed by atoms with E-state index in [-0.39, 0.29) is 0 Å². The summed E-state index contributed by atoms with van der Waals surface area (Å²) in [6.07, 6.45) is 0. The second kappa shape index (κ2) is 8.53. The first kappa shape index (κ1) is 18.0. The average molecular weight is 374 g/mol. The Labute approximate surface area is 156 Å². The highest BCUT2D eigenvalue weighted by Gasteiger charge is 2.08. The molecule has 0 bridgehead atoms. The Kier molecular flexibility index (Phi) is 5.91. The molecule has 0 saturated carbocycles. The maximum atomic E-state index is 6.01. The molecule has 0 spiro atoms. The molecule has 0 aliphatic carbocycles. The molecule has 1 aromatic heterocycles. The number of nitrogens with zero attached hydrogens (tertiary/aromatic N) is 4. The Morgan fingerprint density at radius 2 is 1.96 bits per heavy atom. The standard InChI is InChI=1S/C18H20ClN5O2/c1-3-25-17-10-13(11-20-18-21-22-23-24(18)2)7-8-16(17)26-12-14-5-4-6-15(19)9-14/h4-10H,3,11-12H2,1-2H3,(H,20,21,23). The molecule has 2 aromatic carbocycles. The van der Waals surface area contributed by atoms with E-state index in [4.69, 9.17) is 21.1 Å². The van der Waals surface area contributed by atoms with Crippen LogP contribution in [0.25, 0.3) is 0 Å². The lowest BCUT2D eigenvalue weighted by Gasteiger charge is -2.14. The topological polar surface area (TPSA) is 74.1 Å². The summed E-state index contributed by atoms with van der Waals surface area (Å²) in [4.78, 5) is 0. The highest BCUT2D eigenvalue weighted by atomic mass is 35.5. The van der Waals surface area contributed by atoms with Crippen LogP contribution in [-0.2, 0) is 20.2 Å². The molecule has 0 amide bonds. The van der Waals surface area contributed by atoms with Gasteiger partial charge in [-0.25, -0.2) is 4.68 Å². The zero-order valence-corrected chi connectivity index (χ0v) is 15.4. The molecule has 0 radical (unpaired) electrons. The Balaban J connectivity index is 1.68. The van der Waals surface area contributed by atoms with Crippen LogP contribution < -0.4 is 14.8 Å².